The maximum atomic E-state index is 11.2. The van der Waals surface area contributed by atoms with Crippen LogP contribution in [0.5, 0.6) is 0 Å². The highest BCUT2D eigenvalue weighted by molar-refractivity contribution is 5.42. The van der Waals surface area contributed by atoms with E-state index in [-0.39, 0.29) is 12.7 Å². The lowest BCUT2D eigenvalue weighted by molar-refractivity contribution is 0.00509. The Morgan fingerprint density at radius 2 is 2.44 bits per heavy atom. The van der Waals surface area contributed by atoms with Crippen molar-refractivity contribution in [2.75, 3.05) is 11.9 Å². The molecule has 0 unspecified atom stereocenters. The van der Waals surface area contributed by atoms with E-state index in [0.717, 1.165) is 5.56 Å². The molecule has 0 aromatic carbocycles. The third-order valence-electron chi connectivity index (χ3n) is 2.94. The van der Waals surface area contributed by atoms with Gasteiger partial charge in [0.1, 0.15) is 11.9 Å². The molecule has 1 aliphatic heterocycles. The lowest BCUT2D eigenvalue weighted by Gasteiger charge is -2.18. The van der Waals surface area contributed by atoms with Gasteiger partial charge in [-0.25, -0.2) is 4.79 Å². The van der Waals surface area contributed by atoms with Crippen LogP contribution in [0.15, 0.2) is 11.0 Å². The minimum atomic E-state index is -0.729. The number of aromatic nitrogens is 2. The average molecular weight is 255 g/mol. The molecule has 2 rings (SSSR count). The van der Waals surface area contributed by atoms with Crippen LogP contribution in [0, 0.1) is 0 Å². The van der Waals surface area contributed by atoms with E-state index in [1.54, 1.807) is 6.20 Å². The van der Waals surface area contributed by atoms with E-state index in [1.807, 2.05) is 6.92 Å². The second-order valence-electron chi connectivity index (χ2n) is 4.24. The maximum absolute atomic E-state index is 11.2. The smallest absolute Gasteiger partial charge is 0.346 e. The molecular weight excluding hydrogens is 238 g/mol. The summed E-state index contributed by atoms with van der Waals surface area (Å²) < 4.78 is 5.40. The Labute approximate surface area is 104 Å². The second kappa shape index (κ2) is 5.47. The van der Waals surface area contributed by atoms with E-state index in [9.17, 15) is 9.90 Å². The van der Waals surface area contributed by atoms with Crippen LogP contribution >= 0.6 is 0 Å². The molecule has 4 N–H and O–H groups in total. The van der Waals surface area contributed by atoms with Crippen molar-refractivity contribution in [1.29, 1.82) is 0 Å². The minimum absolute atomic E-state index is 0.140. The van der Waals surface area contributed by atoms with Crippen molar-refractivity contribution in [2.24, 2.45) is 0 Å². The van der Waals surface area contributed by atoms with Gasteiger partial charge in [0.05, 0.1) is 12.7 Å². The summed E-state index contributed by atoms with van der Waals surface area (Å²) in [6.07, 6.45) is 0.874. The first kappa shape index (κ1) is 13.0. The Morgan fingerprint density at radius 1 is 1.67 bits per heavy atom. The van der Waals surface area contributed by atoms with E-state index < -0.39 is 18.0 Å². The van der Waals surface area contributed by atoms with Gasteiger partial charge >= 0.3 is 5.69 Å². The van der Waals surface area contributed by atoms with Gasteiger partial charge in [0.25, 0.3) is 0 Å². The number of H-pyrrole nitrogens is 1. The first-order valence-corrected chi connectivity index (χ1v) is 5.93. The number of anilines is 1. The number of nitrogens with zero attached hydrogens (tertiary/aromatic N) is 1. The van der Waals surface area contributed by atoms with Crippen LogP contribution in [0.2, 0.25) is 0 Å². The molecule has 2 heterocycles. The Morgan fingerprint density at radius 3 is 3.06 bits per heavy atom. The second-order valence-corrected chi connectivity index (χ2v) is 4.24. The van der Waals surface area contributed by atoms with Crippen molar-refractivity contribution in [3.63, 3.8) is 0 Å². The van der Waals surface area contributed by atoms with E-state index in [1.165, 1.54) is 0 Å². The summed E-state index contributed by atoms with van der Waals surface area (Å²) in [6.45, 7) is 1.79. The summed E-state index contributed by atoms with van der Waals surface area (Å²) in [6, 6.07) is 0. The van der Waals surface area contributed by atoms with Gasteiger partial charge in [-0.05, 0) is 6.42 Å². The number of hydrogen-bond acceptors (Lipinski definition) is 6. The molecule has 0 bridgehead atoms. The molecule has 7 nitrogen and oxygen atoms in total. The Balaban J connectivity index is 2.14. The average Bonchev–Trinajstić information content (AvgIpc) is 2.71. The Hall–Kier alpha value is -1.44. The van der Waals surface area contributed by atoms with Crippen LogP contribution in [0.4, 0.5) is 5.82 Å². The molecule has 1 aromatic heterocycles. The number of ether oxygens (including phenoxy) is 1. The fourth-order valence-corrected chi connectivity index (χ4v) is 1.95. The number of rotatable bonds is 4. The first-order valence-electron chi connectivity index (χ1n) is 5.93. The fourth-order valence-electron chi connectivity index (χ4n) is 1.95. The van der Waals surface area contributed by atoms with Gasteiger partial charge in [-0.1, -0.05) is 6.92 Å². The standard InChI is InChI=1S/C11H17N3O4/c1-2-6-4-12-11(17)14-9(6)13-10-8(16)3-7(5-15)18-10/h4,7-8,10,15-16H,2-3,5H2,1H3,(H2,12,13,14,17)/t7-,8+,10+/m0/s1. The summed E-state index contributed by atoms with van der Waals surface area (Å²) in [5, 5.41) is 21.7. The molecule has 0 radical (unpaired) electrons. The van der Waals surface area contributed by atoms with Crippen LogP contribution in [0.3, 0.4) is 0 Å². The van der Waals surface area contributed by atoms with Gasteiger partial charge in [-0.15, -0.1) is 0 Å². The number of aliphatic hydroxyl groups is 2. The lowest BCUT2D eigenvalue weighted by Crippen LogP contribution is -2.31. The molecule has 0 aliphatic carbocycles. The zero-order chi connectivity index (χ0) is 13.1. The molecule has 0 amide bonds. The van der Waals surface area contributed by atoms with Crippen molar-refractivity contribution < 1.29 is 14.9 Å². The van der Waals surface area contributed by atoms with E-state index >= 15 is 0 Å². The number of aryl methyl sites for hydroxylation is 1. The van der Waals surface area contributed by atoms with Gasteiger partial charge in [0.15, 0.2) is 6.23 Å². The maximum Gasteiger partial charge on any atom is 0.346 e. The van der Waals surface area contributed by atoms with E-state index in [0.29, 0.717) is 18.7 Å². The molecule has 1 aliphatic rings. The molecule has 7 heteroatoms. The van der Waals surface area contributed by atoms with Gasteiger partial charge in [-0.3, -0.25) is 0 Å². The lowest BCUT2D eigenvalue weighted by atomic mass is 10.2. The van der Waals surface area contributed by atoms with Crippen molar-refractivity contribution >= 4 is 5.82 Å². The van der Waals surface area contributed by atoms with Gasteiger partial charge < -0.3 is 25.3 Å². The summed E-state index contributed by atoms with van der Waals surface area (Å²) in [5.41, 5.74) is 0.374. The molecule has 1 fully saturated rings. The largest absolute Gasteiger partial charge is 0.394 e. The quantitative estimate of drug-likeness (QED) is 0.562. The van der Waals surface area contributed by atoms with Crippen LogP contribution in [0.25, 0.3) is 0 Å². The molecule has 0 spiro atoms. The minimum Gasteiger partial charge on any atom is -0.394 e. The van der Waals surface area contributed by atoms with Crippen molar-refractivity contribution in [3.8, 4) is 0 Å². The molecule has 3 atom stereocenters. The summed E-state index contributed by atoms with van der Waals surface area (Å²) in [7, 11) is 0. The number of hydrogen-bond donors (Lipinski definition) is 4. The number of nitrogens with one attached hydrogen (secondary N) is 2. The number of aromatic amines is 1. The summed E-state index contributed by atoms with van der Waals surface area (Å²) in [4.78, 5) is 17.5. The number of aliphatic hydroxyl groups excluding tert-OH is 2. The molecule has 100 valence electrons. The Kier molecular flexibility index (Phi) is 3.95. The predicted molar refractivity (Wildman–Crippen MR) is 64.2 cm³/mol. The SMILES string of the molecule is CCc1c[nH]c(=O)nc1N[C@@H]1O[C@H](CO)C[C@H]1O. The predicted octanol–water partition coefficient (Wildman–Crippen LogP) is -0.788. The monoisotopic (exact) mass is 255 g/mol. The van der Waals surface area contributed by atoms with Crippen LogP contribution in [-0.4, -0.2) is 45.2 Å². The Bertz CT molecular complexity index is 462. The third-order valence-corrected chi connectivity index (χ3v) is 2.94. The van der Waals surface area contributed by atoms with Gasteiger partial charge in [-0.2, -0.15) is 4.98 Å². The summed E-state index contributed by atoms with van der Waals surface area (Å²) in [5.74, 6) is 0.406. The van der Waals surface area contributed by atoms with Crippen LogP contribution < -0.4 is 11.0 Å². The normalized spacial score (nSPS) is 27.4. The summed E-state index contributed by atoms with van der Waals surface area (Å²) >= 11 is 0. The fraction of sp³-hybridized carbons (Fsp3) is 0.636. The van der Waals surface area contributed by atoms with Gasteiger partial charge in [0.2, 0.25) is 0 Å². The third kappa shape index (κ3) is 2.69. The zero-order valence-electron chi connectivity index (χ0n) is 10.1. The molecule has 18 heavy (non-hydrogen) atoms. The highest BCUT2D eigenvalue weighted by Gasteiger charge is 2.33. The van der Waals surface area contributed by atoms with E-state index in [2.05, 4.69) is 15.3 Å². The van der Waals surface area contributed by atoms with Crippen molar-refractivity contribution in [3.05, 3.63) is 22.2 Å². The molecular formula is C11H17N3O4. The van der Waals surface area contributed by atoms with Crippen molar-refractivity contribution in [1.82, 2.24) is 9.97 Å². The molecule has 1 saturated heterocycles. The highest BCUT2D eigenvalue weighted by atomic mass is 16.5. The van der Waals surface area contributed by atoms with Crippen LogP contribution in [0.1, 0.15) is 18.9 Å². The highest BCUT2D eigenvalue weighted by Crippen LogP contribution is 2.22. The van der Waals surface area contributed by atoms with E-state index in [4.69, 9.17) is 9.84 Å². The molecule has 1 aromatic rings. The molecule has 0 saturated carbocycles. The zero-order valence-corrected chi connectivity index (χ0v) is 10.1. The van der Waals surface area contributed by atoms with Crippen molar-refractivity contribution in [2.45, 2.75) is 38.2 Å². The first-order chi connectivity index (χ1) is 8.63. The topological polar surface area (TPSA) is 107 Å². The van der Waals surface area contributed by atoms with Crippen LogP contribution in [-0.2, 0) is 11.2 Å². The van der Waals surface area contributed by atoms with Gasteiger partial charge in [0, 0.05) is 18.2 Å².